The molecule has 4 heteroatoms. The minimum atomic E-state index is -0.202. The van der Waals surface area contributed by atoms with Crippen LogP contribution in [0, 0.1) is 0 Å². The summed E-state index contributed by atoms with van der Waals surface area (Å²) in [5.74, 6) is -0.202. The zero-order valence-corrected chi connectivity index (χ0v) is 9.49. The first-order chi connectivity index (χ1) is 7.17. The van der Waals surface area contributed by atoms with Crippen molar-refractivity contribution in [3.8, 4) is 0 Å². The summed E-state index contributed by atoms with van der Waals surface area (Å²) in [6.45, 7) is 0. The lowest BCUT2D eigenvalue weighted by Crippen LogP contribution is -2.18. The van der Waals surface area contributed by atoms with Gasteiger partial charge in [0.2, 0.25) is 0 Å². The number of carbonyl (C=O) groups is 1. The molecule has 0 bridgehead atoms. The topological polar surface area (TPSA) is 29.5 Å². The third-order valence-corrected chi connectivity index (χ3v) is 2.40. The number of ether oxygens (including phenoxy) is 1. The molecule has 1 aromatic carbocycles. The number of esters is 1. The Morgan fingerprint density at radius 2 is 2.27 bits per heavy atom. The molecule has 80 valence electrons. The number of benzene rings is 1. The van der Waals surface area contributed by atoms with Gasteiger partial charge < -0.3 is 9.64 Å². The molecule has 0 aliphatic heterocycles. The summed E-state index contributed by atoms with van der Waals surface area (Å²) in [6.07, 6.45) is 1.28. The van der Waals surface area contributed by atoms with E-state index in [0.717, 1.165) is 17.7 Å². The van der Waals surface area contributed by atoms with Crippen LogP contribution in [-0.2, 0) is 16.0 Å². The monoisotopic (exact) mass is 205 g/mol. The van der Waals surface area contributed by atoms with E-state index in [-0.39, 0.29) is 5.97 Å². The first-order valence-electron chi connectivity index (χ1n) is 5.04. The van der Waals surface area contributed by atoms with Crippen molar-refractivity contribution < 1.29 is 9.53 Å². The molecule has 15 heavy (non-hydrogen) atoms. The van der Waals surface area contributed by atoms with Crippen LogP contribution in [0.1, 0.15) is 5.56 Å². The Kier molecular flexibility index (Phi) is 4.22. The van der Waals surface area contributed by atoms with E-state index in [1.165, 1.54) is 7.11 Å². The molecule has 0 unspecified atom stereocenters. The summed E-state index contributed by atoms with van der Waals surface area (Å²) in [5, 5.41) is 0. The Morgan fingerprint density at radius 1 is 1.53 bits per heavy atom. The fraction of sp³-hybridized carbons (Fsp3) is 0.364. The number of hydrogen-bond donors (Lipinski definition) is 0. The van der Waals surface area contributed by atoms with Gasteiger partial charge in [0, 0.05) is 12.7 Å². The Balaban J connectivity index is 2.78. The van der Waals surface area contributed by atoms with Crippen LogP contribution in [-0.4, -0.2) is 34.4 Å². The average Bonchev–Trinajstić information content (AvgIpc) is 2.28. The molecule has 0 amide bonds. The number of hydrogen-bond acceptors (Lipinski definition) is 3. The Morgan fingerprint density at radius 3 is 2.87 bits per heavy atom. The lowest BCUT2D eigenvalue weighted by molar-refractivity contribution is -0.139. The lowest BCUT2D eigenvalue weighted by atomic mass is 10.1. The predicted molar refractivity (Wildman–Crippen MR) is 64.0 cm³/mol. The van der Waals surface area contributed by atoms with Gasteiger partial charge in [-0.05, 0) is 24.1 Å². The van der Waals surface area contributed by atoms with Crippen LogP contribution in [0.2, 0.25) is 0 Å². The largest absolute Gasteiger partial charge is 0.469 e. The van der Waals surface area contributed by atoms with Crippen molar-refractivity contribution in [2.24, 2.45) is 0 Å². The molecule has 0 N–H and O–H groups in total. The van der Waals surface area contributed by atoms with Crippen molar-refractivity contribution >= 4 is 19.5 Å². The van der Waals surface area contributed by atoms with Crippen LogP contribution in [0.3, 0.4) is 0 Å². The van der Waals surface area contributed by atoms with Crippen LogP contribution >= 0.6 is 0 Å². The minimum Gasteiger partial charge on any atom is -0.469 e. The molecule has 0 spiro atoms. The Hall–Kier alpha value is -1.45. The molecule has 0 fully saturated rings. The summed E-state index contributed by atoms with van der Waals surface area (Å²) >= 11 is 0. The number of rotatable bonds is 4. The molecule has 0 heterocycles. The Bertz CT molecular complexity index is 341. The van der Waals surface area contributed by atoms with Crippen molar-refractivity contribution in [3.63, 3.8) is 0 Å². The normalized spacial score (nSPS) is 9.73. The highest BCUT2D eigenvalue weighted by atomic mass is 16.5. The smallest absolute Gasteiger partial charge is 0.309 e. The first kappa shape index (κ1) is 11.6. The quantitative estimate of drug-likeness (QED) is 0.527. The fourth-order valence-electron chi connectivity index (χ4n) is 1.33. The standard InChI is InChI=1S/C11H16BNO2/c1-13(8-12)10-5-3-4-9(6-10)7-11(14)15-2/h3-6H,7-8,12H2,1-2H3. The summed E-state index contributed by atoms with van der Waals surface area (Å²) in [7, 11) is 5.52. The van der Waals surface area contributed by atoms with Crippen molar-refractivity contribution in [2.45, 2.75) is 6.42 Å². The maximum Gasteiger partial charge on any atom is 0.309 e. The number of methoxy groups -OCH3 is 1. The van der Waals surface area contributed by atoms with Crippen LogP contribution in [0.4, 0.5) is 5.69 Å². The van der Waals surface area contributed by atoms with E-state index in [2.05, 4.69) is 17.5 Å². The maximum atomic E-state index is 11.1. The van der Waals surface area contributed by atoms with Gasteiger partial charge >= 0.3 is 5.97 Å². The summed E-state index contributed by atoms with van der Waals surface area (Å²) in [5.41, 5.74) is 2.11. The Labute approximate surface area is 91.4 Å². The van der Waals surface area contributed by atoms with Gasteiger partial charge in [0.05, 0.1) is 13.5 Å². The van der Waals surface area contributed by atoms with Gasteiger partial charge in [0.15, 0.2) is 0 Å². The molecule has 0 atom stereocenters. The lowest BCUT2D eigenvalue weighted by Gasteiger charge is -2.17. The molecule has 0 aliphatic rings. The van der Waals surface area contributed by atoms with E-state index in [9.17, 15) is 4.79 Å². The zero-order valence-electron chi connectivity index (χ0n) is 9.49. The van der Waals surface area contributed by atoms with Gasteiger partial charge in [-0.1, -0.05) is 12.1 Å². The van der Waals surface area contributed by atoms with E-state index >= 15 is 0 Å². The van der Waals surface area contributed by atoms with Gasteiger partial charge in [0.25, 0.3) is 0 Å². The molecule has 0 saturated carbocycles. The third-order valence-electron chi connectivity index (χ3n) is 2.40. The first-order valence-corrected chi connectivity index (χ1v) is 5.04. The van der Waals surface area contributed by atoms with Crippen LogP contribution < -0.4 is 4.90 Å². The minimum absolute atomic E-state index is 0.202. The molecular formula is C11H16BNO2. The second-order valence-corrected chi connectivity index (χ2v) is 3.44. The SMILES string of the molecule is BCN(C)c1cccc(CC(=O)OC)c1. The molecule has 0 radical (unpaired) electrons. The summed E-state index contributed by atoms with van der Waals surface area (Å²) in [4.78, 5) is 13.2. The van der Waals surface area contributed by atoms with E-state index in [1.807, 2.05) is 31.3 Å². The highest BCUT2D eigenvalue weighted by Gasteiger charge is 2.04. The van der Waals surface area contributed by atoms with Crippen molar-refractivity contribution in [3.05, 3.63) is 29.8 Å². The van der Waals surface area contributed by atoms with E-state index in [1.54, 1.807) is 0 Å². The van der Waals surface area contributed by atoms with Crippen LogP contribution in [0.25, 0.3) is 0 Å². The van der Waals surface area contributed by atoms with Gasteiger partial charge in [-0.25, -0.2) is 0 Å². The molecular weight excluding hydrogens is 189 g/mol. The molecule has 0 aromatic heterocycles. The highest BCUT2D eigenvalue weighted by molar-refractivity contribution is 6.10. The van der Waals surface area contributed by atoms with E-state index in [4.69, 9.17) is 0 Å². The van der Waals surface area contributed by atoms with E-state index < -0.39 is 0 Å². The molecule has 0 aliphatic carbocycles. The van der Waals surface area contributed by atoms with Crippen molar-refractivity contribution in [1.82, 2.24) is 0 Å². The fourth-order valence-corrected chi connectivity index (χ4v) is 1.33. The summed E-state index contributed by atoms with van der Waals surface area (Å²) < 4.78 is 4.63. The molecule has 0 saturated heterocycles. The number of anilines is 1. The molecule has 1 aromatic rings. The van der Waals surface area contributed by atoms with Crippen LogP contribution in [0.5, 0.6) is 0 Å². The highest BCUT2D eigenvalue weighted by Crippen LogP contribution is 2.14. The zero-order chi connectivity index (χ0) is 11.3. The number of nitrogens with zero attached hydrogens (tertiary/aromatic N) is 1. The molecule has 3 nitrogen and oxygen atoms in total. The van der Waals surface area contributed by atoms with E-state index in [0.29, 0.717) is 6.42 Å². The second-order valence-electron chi connectivity index (χ2n) is 3.44. The molecule has 1 rings (SSSR count). The maximum absolute atomic E-state index is 11.1. The van der Waals surface area contributed by atoms with Gasteiger partial charge in [0.1, 0.15) is 7.85 Å². The summed E-state index contributed by atoms with van der Waals surface area (Å²) in [6, 6.07) is 7.94. The second kappa shape index (κ2) is 5.44. The third kappa shape index (κ3) is 3.31. The van der Waals surface area contributed by atoms with Crippen molar-refractivity contribution in [2.75, 3.05) is 25.5 Å². The van der Waals surface area contributed by atoms with Crippen molar-refractivity contribution in [1.29, 1.82) is 0 Å². The van der Waals surface area contributed by atoms with Crippen LogP contribution in [0.15, 0.2) is 24.3 Å². The average molecular weight is 205 g/mol. The van der Waals surface area contributed by atoms with Gasteiger partial charge in [-0.15, -0.1) is 0 Å². The predicted octanol–water partition coefficient (Wildman–Crippen LogP) is 0.429. The van der Waals surface area contributed by atoms with Gasteiger partial charge in [-0.2, -0.15) is 0 Å². The van der Waals surface area contributed by atoms with Gasteiger partial charge in [-0.3, -0.25) is 4.79 Å². The number of carbonyl (C=O) groups excluding carboxylic acids is 1.